The summed E-state index contributed by atoms with van der Waals surface area (Å²) in [6, 6.07) is 18.5. The Hall–Kier alpha value is -3.87. The molecule has 2 aromatic carbocycles. The Morgan fingerprint density at radius 3 is 2.33 bits per heavy atom. The van der Waals surface area contributed by atoms with Crippen molar-refractivity contribution in [3.8, 4) is 0 Å². The summed E-state index contributed by atoms with van der Waals surface area (Å²) in [4.78, 5) is 42.0. The van der Waals surface area contributed by atoms with Crippen LogP contribution in [0.25, 0.3) is 0 Å². The predicted octanol–water partition coefficient (Wildman–Crippen LogP) is 1.83. The van der Waals surface area contributed by atoms with Gasteiger partial charge in [0.15, 0.2) is 0 Å². The average Bonchev–Trinajstić information content (AvgIpc) is 2.68. The summed E-state index contributed by atoms with van der Waals surface area (Å²) in [6.07, 6.45) is 1.43. The molecule has 0 unspecified atom stereocenters. The van der Waals surface area contributed by atoms with Gasteiger partial charge in [-0.15, -0.1) is 0 Å². The number of pyridine rings is 1. The number of carbonyl (C=O) groups is 2. The molecule has 7 nitrogen and oxygen atoms in total. The maximum atomic E-state index is 12.5. The van der Waals surface area contributed by atoms with E-state index in [-0.39, 0.29) is 23.4 Å². The van der Waals surface area contributed by atoms with E-state index in [1.165, 1.54) is 30.5 Å². The summed E-state index contributed by atoms with van der Waals surface area (Å²) in [7, 11) is 0. The second-order valence-electron chi connectivity index (χ2n) is 5.68. The highest BCUT2D eigenvalue weighted by Crippen LogP contribution is 2.15. The maximum absolute atomic E-state index is 12.5. The molecule has 1 heterocycles. The largest absolute Gasteiger partial charge is 0.406 e. The Bertz CT molecular complexity index is 1030. The van der Waals surface area contributed by atoms with E-state index < -0.39 is 17.4 Å². The lowest BCUT2D eigenvalue weighted by Gasteiger charge is -2.11. The lowest BCUT2D eigenvalue weighted by molar-refractivity contribution is 0.0863. The van der Waals surface area contributed by atoms with Crippen molar-refractivity contribution in [1.29, 1.82) is 0 Å². The fourth-order valence-corrected chi connectivity index (χ4v) is 2.46. The highest BCUT2D eigenvalue weighted by Gasteiger charge is 2.16. The van der Waals surface area contributed by atoms with Gasteiger partial charge in [0.2, 0.25) is 0 Å². The molecule has 0 aliphatic heterocycles. The van der Waals surface area contributed by atoms with E-state index in [0.29, 0.717) is 0 Å². The van der Waals surface area contributed by atoms with Gasteiger partial charge in [0.05, 0.1) is 11.3 Å². The van der Waals surface area contributed by atoms with Crippen LogP contribution >= 0.6 is 0 Å². The van der Waals surface area contributed by atoms with Crippen LogP contribution in [-0.2, 0) is 6.61 Å². The van der Waals surface area contributed by atoms with Gasteiger partial charge in [0.1, 0.15) is 12.2 Å². The van der Waals surface area contributed by atoms with Gasteiger partial charge in [0, 0.05) is 6.20 Å². The quantitative estimate of drug-likeness (QED) is 0.697. The summed E-state index contributed by atoms with van der Waals surface area (Å²) in [5.41, 5.74) is 5.84. The molecule has 0 aliphatic rings. The van der Waals surface area contributed by atoms with E-state index in [9.17, 15) is 14.4 Å². The molecule has 0 radical (unpaired) electrons. The highest BCUT2D eigenvalue weighted by molar-refractivity contribution is 6.08. The lowest BCUT2D eigenvalue weighted by atomic mass is 10.1. The Labute approximate surface area is 155 Å². The fourth-order valence-electron chi connectivity index (χ4n) is 2.46. The minimum Gasteiger partial charge on any atom is -0.406 e. The van der Waals surface area contributed by atoms with E-state index in [0.717, 1.165) is 10.3 Å². The van der Waals surface area contributed by atoms with Crippen LogP contribution in [-0.4, -0.2) is 16.5 Å². The Balaban J connectivity index is 1.80. The number of nitrogens with one attached hydrogen (secondary N) is 1. The molecule has 0 saturated heterocycles. The standard InChI is InChI=1S/C20H17N3O4/c21-18(24)15-9-4-5-11-17(15)22-19(25)16-10-6-12-23(20(16)26)27-13-14-7-2-1-3-8-14/h1-12H,13H2,(H2,21,24)(H,22,25). The van der Waals surface area contributed by atoms with Crippen molar-refractivity contribution in [1.82, 2.24) is 4.73 Å². The van der Waals surface area contributed by atoms with E-state index in [1.54, 1.807) is 12.1 Å². The third-order valence-electron chi connectivity index (χ3n) is 3.81. The number of carbonyl (C=O) groups excluding carboxylic acids is 2. The second kappa shape index (κ2) is 8.01. The lowest BCUT2D eigenvalue weighted by Crippen LogP contribution is -2.32. The first-order valence-electron chi connectivity index (χ1n) is 8.15. The molecule has 1 aromatic heterocycles. The van der Waals surface area contributed by atoms with Gasteiger partial charge >= 0.3 is 0 Å². The molecule has 3 aromatic rings. The summed E-state index contributed by atoms with van der Waals surface area (Å²) in [5.74, 6) is -1.34. The van der Waals surface area contributed by atoms with Crippen LogP contribution in [0, 0.1) is 0 Å². The zero-order valence-electron chi connectivity index (χ0n) is 14.3. The molecule has 0 spiro atoms. The summed E-state index contributed by atoms with van der Waals surface area (Å²) in [6.45, 7) is 0.177. The Morgan fingerprint density at radius 1 is 0.926 bits per heavy atom. The molecular formula is C20H17N3O4. The monoisotopic (exact) mass is 363 g/mol. The molecule has 0 fully saturated rings. The Morgan fingerprint density at radius 2 is 1.59 bits per heavy atom. The van der Waals surface area contributed by atoms with Gasteiger partial charge in [-0.05, 0) is 29.8 Å². The molecule has 3 rings (SSSR count). The van der Waals surface area contributed by atoms with Crippen molar-refractivity contribution in [2.45, 2.75) is 6.61 Å². The van der Waals surface area contributed by atoms with Crippen molar-refractivity contribution in [3.63, 3.8) is 0 Å². The number of benzene rings is 2. The molecule has 7 heteroatoms. The molecule has 0 atom stereocenters. The van der Waals surface area contributed by atoms with E-state index in [1.807, 2.05) is 30.3 Å². The first-order valence-corrected chi connectivity index (χ1v) is 8.15. The van der Waals surface area contributed by atoms with Crippen molar-refractivity contribution >= 4 is 17.5 Å². The van der Waals surface area contributed by atoms with Gasteiger partial charge < -0.3 is 15.9 Å². The zero-order valence-corrected chi connectivity index (χ0v) is 14.3. The molecule has 136 valence electrons. The second-order valence-corrected chi connectivity index (χ2v) is 5.68. The summed E-state index contributed by atoms with van der Waals surface area (Å²) < 4.78 is 1.00. The third-order valence-corrected chi connectivity index (χ3v) is 3.81. The third kappa shape index (κ3) is 4.21. The number of para-hydroxylation sites is 1. The molecule has 2 amide bonds. The van der Waals surface area contributed by atoms with E-state index in [4.69, 9.17) is 10.6 Å². The van der Waals surface area contributed by atoms with E-state index in [2.05, 4.69) is 5.32 Å². The first-order chi connectivity index (χ1) is 13.1. The van der Waals surface area contributed by atoms with Gasteiger partial charge in [-0.1, -0.05) is 42.5 Å². The maximum Gasteiger partial charge on any atom is 0.295 e. The van der Waals surface area contributed by atoms with Crippen LogP contribution in [0.2, 0.25) is 0 Å². The SMILES string of the molecule is NC(=O)c1ccccc1NC(=O)c1cccn(OCc2ccccc2)c1=O. The van der Waals surface area contributed by atoms with Gasteiger partial charge in [0.25, 0.3) is 17.4 Å². The van der Waals surface area contributed by atoms with Crippen molar-refractivity contribution in [2.24, 2.45) is 5.73 Å². The van der Waals surface area contributed by atoms with E-state index >= 15 is 0 Å². The van der Waals surface area contributed by atoms with Crippen LogP contribution in [0.4, 0.5) is 5.69 Å². The van der Waals surface area contributed by atoms with Crippen LogP contribution < -0.4 is 21.4 Å². The van der Waals surface area contributed by atoms with Crippen molar-refractivity contribution < 1.29 is 14.4 Å². The molecule has 0 bridgehead atoms. The molecule has 27 heavy (non-hydrogen) atoms. The van der Waals surface area contributed by atoms with Gasteiger partial charge in [-0.2, -0.15) is 4.73 Å². The van der Waals surface area contributed by atoms with Crippen LogP contribution in [0.3, 0.4) is 0 Å². The number of anilines is 1. The first kappa shape index (κ1) is 17.9. The summed E-state index contributed by atoms with van der Waals surface area (Å²) in [5, 5.41) is 2.54. The number of nitrogens with two attached hydrogens (primary N) is 1. The fraction of sp³-hybridized carbons (Fsp3) is 0.0500. The topological polar surface area (TPSA) is 103 Å². The summed E-state index contributed by atoms with van der Waals surface area (Å²) >= 11 is 0. The van der Waals surface area contributed by atoms with Crippen molar-refractivity contribution in [3.05, 3.63) is 100.0 Å². The molecule has 3 N–H and O–H groups in total. The van der Waals surface area contributed by atoms with Crippen molar-refractivity contribution in [2.75, 3.05) is 5.32 Å². The number of rotatable bonds is 6. The smallest absolute Gasteiger partial charge is 0.295 e. The number of hydrogen-bond acceptors (Lipinski definition) is 4. The van der Waals surface area contributed by atoms with Gasteiger partial charge in [-0.3, -0.25) is 14.4 Å². The van der Waals surface area contributed by atoms with Crippen LogP contribution in [0.1, 0.15) is 26.3 Å². The minimum atomic E-state index is -0.678. The zero-order chi connectivity index (χ0) is 19.2. The number of amides is 2. The normalized spacial score (nSPS) is 10.2. The van der Waals surface area contributed by atoms with Gasteiger partial charge in [-0.25, -0.2) is 0 Å². The Kier molecular flexibility index (Phi) is 5.32. The molecule has 0 aliphatic carbocycles. The minimum absolute atomic E-state index is 0.121. The average molecular weight is 363 g/mol. The number of hydrogen-bond donors (Lipinski definition) is 2. The van der Waals surface area contributed by atoms with Crippen LogP contribution in [0.5, 0.6) is 0 Å². The molecule has 0 saturated carbocycles. The molecular weight excluding hydrogens is 346 g/mol. The number of aromatic nitrogens is 1. The highest BCUT2D eigenvalue weighted by atomic mass is 16.7. The van der Waals surface area contributed by atoms with Crippen LogP contribution in [0.15, 0.2) is 77.7 Å². The number of nitrogens with zero attached hydrogens (tertiary/aromatic N) is 1. The number of primary amides is 1. The predicted molar refractivity (Wildman–Crippen MR) is 100 cm³/mol.